The van der Waals surface area contributed by atoms with Gasteiger partial charge in [-0.05, 0) is 26.2 Å². The number of aromatic nitrogens is 1. The van der Waals surface area contributed by atoms with Gasteiger partial charge in [0.05, 0.1) is 6.04 Å². The third-order valence-corrected chi connectivity index (χ3v) is 5.22. The quantitative estimate of drug-likeness (QED) is 0.862. The van der Waals surface area contributed by atoms with E-state index in [1.54, 1.807) is 0 Å². The highest BCUT2D eigenvalue weighted by Gasteiger charge is 2.27. The standard InChI is InChI=1S/C14H25N3S/c1-3-12-9-16-13(18-12)11(2)17-10-14(15)7-5-4-6-8-14/h9,11,17H,3-8,10,15H2,1-2H3. The van der Waals surface area contributed by atoms with Crippen molar-refractivity contribution in [3.63, 3.8) is 0 Å². The van der Waals surface area contributed by atoms with E-state index in [-0.39, 0.29) is 5.54 Å². The molecule has 1 aliphatic carbocycles. The first-order valence-electron chi connectivity index (χ1n) is 7.10. The van der Waals surface area contributed by atoms with E-state index in [0.717, 1.165) is 25.8 Å². The van der Waals surface area contributed by atoms with Gasteiger partial charge in [-0.25, -0.2) is 4.98 Å². The minimum atomic E-state index is 0.0113. The summed E-state index contributed by atoms with van der Waals surface area (Å²) in [4.78, 5) is 5.85. The van der Waals surface area contributed by atoms with Crippen LogP contribution < -0.4 is 11.1 Å². The minimum Gasteiger partial charge on any atom is -0.324 e. The van der Waals surface area contributed by atoms with Crippen molar-refractivity contribution in [3.05, 3.63) is 16.1 Å². The molecule has 1 unspecified atom stereocenters. The van der Waals surface area contributed by atoms with E-state index < -0.39 is 0 Å². The van der Waals surface area contributed by atoms with E-state index in [4.69, 9.17) is 5.73 Å². The van der Waals surface area contributed by atoms with E-state index in [2.05, 4.69) is 24.1 Å². The number of hydrogen-bond acceptors (Lipinski definition) is 4. The molecule has 0 saturated heterocycles. The summed E-state index contributed by atoms with van der Waals surface area (Å²) < 4.78 is 0. The maximum atomic E-state index is 6.44. The predicted octanol–water partition coefficient (Wildman–Crippen LogP) is 3.02. The smallest absolute Gasteiger partial charge is 0.109 e. The van der Waals surface area contributed by atoms with Crippen molar-refractivity contribution < 1.29 is 0 Å². The van der Waals surface area contributed by atoms with Gasteiger partial charge in [-0.3, -0.25) is 0 Å². The molecule has 3 nitrogen and oxygen atoms in total. The van der Waals surface area contributed by atoms with Crippen LogP contribution in [0.5, 0.6) is 0 Å². The molecule has 0 aromatic carbocycles. The highest BCUT2D eigenvalue weighted by atomic mass is 32.1. The van der Waals surface area contributed by atoms with E-state index in [1.807, 2.05) is 17.5 Å². The van der Waals surface area contributed by atoms with Gasteiger partial charge >= 0.3 is 0 Å². The van der Waals surface area contributed by atoms with Crippen LogP contribution in [0.3, 0.4) is 0 Å². The molecule has 1 saturated carbocycles. The maximum Gasteiger partial charge on any atom is 0.109 e. The average Bonchev–Trinajstić information content (AvgIpc) is 2.86. The van der Waals surface area contributed by atoms with Crippen LogP contribution in [-0.4, -0.2) is 17.1 Å². The van der Waals surface area contributed by atoms with Crippen LogP contribution in [0.25, 0.3) is 0 Å². The van der Waals surface area contributed by atoms with Gasteiger partial charge in [-0.15, -0.1) is 11.3 Å². The van der Waals surface area contributed by atoms with Crippen molar-refractivity contribution >= 4 is 11.3 Å². The molecule has 3 N–H and O–H groups in total. The Hall–Kier alpha value is -0.450. The van der Waals surface area contributed by atoms with Crippen molar-refractivity contribution in [3.8, 4) is 0 Å². The number of nitrogens with two attached hydrogens (primary N) is 1. The molecule has 0 amide bonds. The second-order valence-electron chi connectivity index (χ2n) is 5.54. The predicted molar refractivity (Wildman–Crippen MR) is 77.9 cm³/mol. The number of nitrogens with zero attached hydrogens (tertiary/aromatic N) is 1. The molecule has 0 bridgehead atoms. The van der Waals surface area contributed by atoms with Gasteiger partial charge in [0, 0.05) is 23.2 Å². The molecule has 0 radical (unpaired) electrons. The summed E-state index contributed by atoms with van der Waals surface area (Å²) >= 11 is 1.81. The third-order valence-electron chi connectivity index (χ3n) is 3.90. The maximum absolute atomic E-state index is 6.44. The number of rotatable bonds is 5. The minimum absolute atomic E-state index is 0.0113. The second kappa shape index (κ2) is 6.13. The molecule has 1 aromatic rings. The lowest BCUT2D eigenvalue weighted by molar-refractivity contribution is 0.276. The van der Waals surface area contributed by atoms with Crippen LogP contribution in [0.15, 0.2) is 6.20 Å². The molecule has 1 heterocycles. The first kappa shape index (κ1) is 14.0. The van der Waals surface area contributed by atoms with Gasteiger partial charge < -0.3 is 11.1 Å². The van der Waals surface area contributed by atoms with Crippen molar-refractivity contribution in [1.82, 2.24) is 10.3 Å². The largest absolute Gasteiger partial charge is 0.324 e. The summed E-state index contributed by atoms with van der Waals surface area (Å²) in [5, 5.41) is 4.76. The zero-order chi connectivity index (χ0) is 13.0. The normalized spacial score (nSPS) is 20.8. The highest BCUT2D eigenvalue weighted by Crippen LogP contribution is 2.26. The summed E-state index contributed by atoms with van der Waals surface area (Å²) in [5.74, 6) is 0. The van der Waals surface area contributed by atoms with Crippen molar-refractivity contribution in [2.75, 3.05) is 6.54 Å². The molecule has 18 heavy (non-hydrogen) atoms. The Bertz CT molecular complexity index is 369. The van der Waals surface area contributed by atoms with E-state index in [0.29, 0.717) is 6.04 Å². The van der Waals surface area contributed by atoms with Gasteiger partial charge in [0.1, 0.15) is 5.01 Å². The Morgan fingerprint density at radius 2 is 2.17 bits per heavy atom. The molecule has 2 rings (SSSR count). The molecule has 1 aromatic heterocycles. The Morgan fingerprint density at radius 1 is 1.44 bits per heavy atom. The monoisotopic (exact) mass is 267 g/mol. The molecule has 1 atom stereocenters. The highest BCUT2D eigenvalue weighted by molar-refractivity contribution is 7.11. The van der Waals surface area contributed by atoms with Gasteiger partial charge in [-0.1, -0.05) is 26.2 Å². The van der Waals surface area contributed by atoms with Crippen LogP contribution in [0.1, 0.15) is 61.9 Å². The van der Waals surface area contributed by atoms with Crippen LogP contribution in [0.2, 0.25) is 0 Å². The lowest BCUT2D eigenvalue weighted by atomic mass is 9.82. The van der Waals surface area contributed by atoms with E-state index >= 15 is 0 Å². The molecule has 4 heteroatoms. The lowest BCUT2D eigenvalue weighted by Gasteiger charge is -2.34. The fourth-order valence-corrected chi connectivity index (χ4v) is 3.45. The van der Waals surface area contributed by atoms with Crippen LogP contribution in [0.4, 0.5) is 0 Å². The lowest BCUT2D eigenvalue weighted by Crippen LogP contribution is -2.50. The van der Waals surface area contributed by atoms with Gasteiger partial charge in [0.2, 0.25) is 0 Å². The summed E-state index contributed by atoms with van der Waals surface area (Å²) in [7, 11) is 0. The number of thiazole rings is 1. The fraction of sp³-hybridized carbons (Fsp3) is 0.786. The molecular formula is C14H25N3S. The molecule has 1 aliphatic rings. The summed E-state index contributed by atoms with van der Waals surface area (Å²) in [6.07, 6.45) is 9.30. The number of nitrogens with one attached hydrogen (secondary N) is 1. The van der Waals surface area contributed by atoms with Crippen molar-refractivity contribution in [1.29, 1.82) is 0 Å². The molecule has 102 valence electrons. The Balaban J connectivity index is 1.85. The van der Waals surface area contributed by atoms with Crippen molar-refractivity contribution in [2.45, 2.75) is 64.0 Å². The topological polar surface area (TPSA) is 50.9 Å². The van der Waals surface area contributed by atoms with Gasteiger partial charge in [-0.2, -0.15) is 0 Å². The molecule has 1 fully saturated rings. The first-order valence-corrected chi connectivity index (χ1v) is 7.91. The van der Waals surface area contributed by atoms with Gasteiger partial charge in [0.25, 0.3) is 0 Å². The Kier molecular flexibility index (Phi) is 4.76. The van der Waals surface area contributed by atoms with Crippen LogP contribution >= 0.6 is 11.3 Å². The van der Waals surface area contributed by atoms with E-state index in [9.17, 15) is 0 Å². The first-order chi connectivity index (χ1) is 8.63. The zero-order valence-electron chi connectivity index (χ0n) is 11.5. The average molecular weight is 267 g/mol. The number of aryl methyl sites for hydroxylation is 1. The molecule has 0 aliphatic heterocycles. The number of hydrogen-bond donors (Lipinski definition) is 2. The van der Waals surface area contributed by atoms with Crippen LogP contribution in [-0.2, 0) is 6.42 Å². The molecule has 0 spiro atoms. The zero-order valence-corrected chi connectivity index (χ0v) is 12.4. The third kappa shape index (κ3) is 3.53. The fourth-order valence-electron chi connectivity index (χ4n) is 2.56. The summed E-state index contributed by atoms with van der Waals surface area (Å²) in [6.45, 7) is 5.27. The van der Waals surface area contributed by atoms with E-state index in [1.165, 1.54) is 29.1 Å². The SMILES string of the molecule is CCc1cnc(C(C)NCC2(N)CCCCC2)s1. The summed E-state index contributed by atoms with van der Waals surface area (Å²) in [5.41, 5.74) is 6.45. The Labute approximate surface area is 114 Å². The van der Waals surface area contributed by atoms with Gasteiger partial charge in [0.15, 0.2) is 0 Å². The Morgan fingerprint density at radius 3 is 2.78 bits per heavy atom. The second-order valence-corrected chi connectivity index (χ2v) is 6.69. The van der Waals surface area contributed by atoms with Crippen molar-refractivity contribution in [2.24, 2.45) is 5.73 Å². The van der Waals surface area contributed by atoms with Crippen LogP contribution in [0, 0.1) is 0 Å². The summed E-state index contributed by atoms with van der Waals surface area (Å²) in [6, 6.07) is 0.317. The molecular weight excluding hydrogens is 242 g/mol.